The molecule has 0 aliphatic carbocycles. The number of hydrogen-bond acceptors (Lipinski definition) is 4. The Morgan fingerprint density at radius 2 is 2.05 bits per heavy atom. The summed E-state index contributed by atoms with van der Waals surface area (Å²) in [4.78, 5) is 4.67. The third kappa shape index (κ3) is 2.83. The Balaban J connectivity index is 1.94. The molecule has 0 spiro atoms. The van der Waals surface area contributed by atoms with Gasteiger partial charge in [-0.3, -0.25) is 0 Å². The van der Waals surface area contributed by atoms with Crippen molar-refractivity contribution in [3.63, 3.8) is 0 Å². The maximum Gasteiger partial charge on any atom is 0.233 e. The molecule has 1 aromatic heterocycles. The van der Waals surface area contributed by atoms with Gasteiger partial charge in [0.2, 0.25) is 11.7 Å². The molecular weight excluding hydrogens is 286 g/mol. The summed E-state index contributed by atoms with van der Waals surface area (Å²) >= 11 is 6.22. The Labute approximate surface area is 129 Å². The summed E-state index contributed by atoms with van der Waals surface area (Å²) < 4.78 is 5.62. The van der Waals surface area contributed by atoms with Gasteiger partial charge in [-0.2, -0.15) is 4.98 Å². The zero-order valence-electron chi connectivity index (χ0n) is 12.2. The summed E-state index contributed by atoms with van der Waals surface area (Å²) in [5.41, 5.74) is 0.849. The van der Waals surface area contributed by atoms with Crippen LogP contribution in [0.15, 0.2) is 28.8 Å². The van der Waals surface area contributed by atoms with Gasteiger partial charge in [0.25, 0.3) is 0 Å². The molecule has 1 fully saturated rings. The minimum absolute atomic E-state index is 0.0203. The molecule has 1 aromatic carbocycles. The lowest BCUT2D eigenvalue weighted by molar-refractivity contribution is 0.208. The fourth-order valence-corrected chi connectivity index (χ4v) is 3.37. The lowest BCUT2D eigenvalue weighted by Gasteiger charge is -2.34. The van der Waals surface area contributed by atoms with E-state index in [9.17, 15) is 0 Å². The molecule has 2 aromatic rings. The normalized spacial score (nSPS) is 17.8. The van der Waals surface area contributed by atoms with E-state index in [-0.39, 0.29) is 5.41 Å². The van der Waals surface area contributed by atoms with Crippen LogP contribution in [-0.2, 0) is 5.41 Å². The van der Waals surface area contributed by atoms with Gasteiger partial charge < -0.3 is 9.84 Å². The molecule has 1 aliphatic rings. The number of nitrogens with zero attached hydrogens (tertiary/aromatic N) is 2. The second kappa shape index (κ2) is 6.16. The fraction of sp³-hybridized carbons (Fsp3) is 0.500. The van der Waals surface area contributed by atoms with Crippen LogP contribution in [-0.4, -0.2) is 23.2 Å². The zero-order valence-corrected chi connectivity index (χ0v) is 13.0. The molecule has 0 unspecified atom stereocenters. The summed E-state index contributed by atoms with van der Waals surface area (Å²) in [5.74, 6) is 1.35. The Morgan fingerprint density at radius 3 is 2.76 bits per heavy atom. The Hall–Kier alpha value is -1.39. The fourth-order valence-electron chi connectivity index (χ4n) is 3.15. The number of benzene rings is 1. The zero-order chi connectivity index (χ0) is 14.7. The van der Waals surface area contributed by atoms with Crippen molar-refractivity contribution in [1.29, 1.82) is 0 Å². The monoisotopic (exact) mass is 305 g/mol. The van der Waals surface area contributed by atoms with Gasteiger partial charge in [-0.1, -0.05) is 42.2 Å². The number of aromatic nitrogens is 2. The molecule has 0 radical (unpaired) electrons. The minimum atomic E-state index is 0.0203. The Bertz CT molecular complexity index is 600. The predicted molar refractivity (Wildman–Crippen MR) is 83.4 cm³/mol. The van der Waals surface area contributed by atoms with E-state index in [1.54, 1.807) is 0 Å². The van der Waals surface area contributed by atoms with E-state index in [0.29, 0.717) is 10.8 Å². The molecule has 2 heterocycles. The van der Waals surface area contributed by atoms with Crippen LogP contribution in [0.5, 0.6) is 0 Å². The summed E-state index contributed by atoms with van der Waals surface area (Å²) in [6.07, 6.45) is 4.29. The molecule has 0 amide bonds. The predicted octanol–water partition coefficient (Wildman–Crippen LogP) is 3.81. The highest BCUT2D eigenvalue weighted by atomic mass is 35.5. The number of halogens is 1. The van der Waals surface area contributed by atoms with Crippen molar-refractivity contribution in [1.82, 2.24) is 15.5 Å². The summed E-state index contributed by atoms with van der Waals surface area (Å²) in [5, 5.41) is 8.22. The Kier molecular flexibility index (Phi) is 4.27. The molecule has 3 rings (SSSR count). The molecule has 5 heteroatoms. The van der Waals surface area contributed by atoms with Crippen LogP contribution in [0.1, 0.15) is 38.5 Å². The van der Waals surface area contributed by atoms with Crippen molar-refractivity contribution in [3.8, 4) is 11.4 Å². The number of rotatable bonds is 4. The van der Waals surface area contributed by atoms with Gasteiger partial charge in [0.1, 0.15) is 0 Å². The Morgan fingerprint density at radius 1 is 1.29 bits per heavy atom. The average molecular weight is 306 g/mol. The van der Waals surface area contributed by atoms with Gasteiger partial charge in [0.15, 0.2) is 0 Å². The second-order valence-corrected chi connectivity index (χ2v) is 6.09. The van der Waals surface area contributed by atoms with Crippen molar-refractivity contribution in [2.24, 2.45) is 0 Å². The molecule has 112 valence electrons. The molecule has 1 saturated heterocycles. The second-order valence-electron chi connectivity index (χ2n) is 5.68. The standard InChI is InChI=1S/C16H20ClN3O/c1-2-7-16(8-10-18-11-9-16)15-19-14(20-21-15)12-5-3-4-6-13(12)17/h3-6,18H,2,7-11H2,1H3. The van der Waals surface area contributed by atoms with Crippen LogP contribution < -0.4 is 5.32 Å². The van der Waals surface area contributed by atoms with E-state index in [0.717, 1.165) is 50.2 Å². The highest BCUT2D eigenvalue weighted by Gasteiger charge is 2.38. The highest BCUT2D eigenvalue weighted by molar-refractivity contribution is 6.33. The first-order valence-electron chi connectivity index (χ1n) is 7.55. The van der Waals surface area contributed by atoms with Crippen molar-refractivity contribution in [3.05, 3.63) is 35.2 Å². The maximum absolute atomic E-state index is 6.22. The van der Waals surface area contributed by atoms with Crippen molar-refractivity contribution in [2.75, 3.05) is 13.1 Å². The van der Waals surface area contributed by atoms with E-state index in [2.05, 4.69) is 22.4 Å². The van der Waals surface area contributed by atoms with Gasteiger partial charge in [-0.05, 0) is 44.5 Å². The van der Waals surface area contributed by atoms with Crippen LogP contribution in [0, 0.1) is 0 Å². The quantitative estimate of drug-likeness (QED) is 0.933. The van der Waals surface area contributed by atoms with E-state index < -0.39 is 0 Å². The van der Waals surface area contributed by atoms with Crippen molar-refractivity contribution >= 4 is 11.6 Å². The number of piperidine rings is 1. The van der Waals surface area contributed by atoms with Crippen LogP contribution in [0.25, 0.3) is 11.4 Å². The molecule has 21 heavy (non-hydrogen) atoms. The van der Waals surface area contributed by atoms with Gasteiger partial charge in [0.05, 0.1) is 10.4 Å². The van der Waals surface area contributed by atoms with Crippen LogP contribution in [0.4, 0.5) is 0 Å². The van der Waals surface area contributed by atoms with Gasteiger partial charge in [-0.15, -0.1) is 0 Å². The summed E-state index contributed by atoms with van der Waals surface area (Å²) in [6.45, 7) is 4.21. The van der Waals surface area contributed by atoms with Crippen LogP contribution in [0.3, 0.4) is 0 Å². The van der Waals surface area contributed by atoms with E-state index in [4.69, 9.17) is 16.1 Å². The number of hydrogen-bond donors (Lipinski definition) is 1. The van der Waals surface area contributed by atoms with Crippen molar-refractivity contribution < 1.29 is 4.52 Å². The third-order valence-corrected chi connectivity index (χ3v) is 4.61. The topological polar surface area (TPSA) is 51.0 Å². The molecule has 0 saturated carbocycles. The largest absolute Gasteiger partial charge is 0.338 e. The highest BCUT2D eigenvalue weighted by Crippen LogP contribution is 2.38. The van der Waals surface area contributed by atoms with Gasteiger partial charge in [-0.25, -0.2) is 0 Å². The van der Waals surface area contributed by atoms with E-state index in [1.165, 1.54) is 0 Å². The molecule has 0 bridgehead atoms. The first-order valence-corrected chi connectivity index (χ1v) is 7.93. The smallest absolute Gasteiger partial charge is 0.233 e. The number of nitrogens with one attached hydrogen (secondary N) is 1. The third-order valence-electron chi connectivity index (χ3n) is 4.28. The van der Waals surface area contributed by atoms with Crippen molar-refractivity contribution in [2.45, 2.75) is 38.0 Å². The lowest BCUT2D eigenvalue weighted by Crippen LogP contribution is -2.40. The van der Waals surface area contributed by atoms with Gasteiger partial charge >= 0.3 is 0 Å². The first kappa shape index (κ1) is 14.5. The molecule has 1 aliphatic heterocycles. The van der Waals surface area contributed by atoms with E-state index >= 15 is 0 Å². The maximum atomic E-state index is 6.22. The molecular formula is C16H20ClN3O. The minimum Gasteiger partial charge on any atom is -0.338 e. The molecule has 4 nitrogen and oxygen atoms in total. The first-order chi connectivity index (χ1) is 10.2. The lowest BCUT2D eigenvalue weighted by atomic mass is 9.75. The van der Waals surface area contributed by atoms with Gasteiger partial charge in [0, 0.05) is 5.56 Å². The SMILES string of the molecule is CCCC1(c2nc(-c3ccccc3Cl)no2)CCNCC1. The average Bonchev–Trinajstić information content (AvgIpc) is 2.99. The molecule has 1 N–H and O–H groups in total. The molecule has 0 atom stereocenters. The van der Waals surface area contributed by atoms with E-state index in [1.807, 2.05) is 24.3 Å². The van der Waals surface area contributed by atoms with Crippen LogP contribution in [0.2, 0.25) is 5.02 Å². The summed E-state index contributed by atoms with van der Waals surface area (Å²) in [7, 11) is 0. The summed E-state index contributed by atoms with van der Waals surface area (Å²) in [6, 6.07) is 7.60. The van der Waals surface area contributed by atoms with Crippen LogP contribution >= 0.6 is 11.6 Å².